The highest BCUT2D eigenvalue weighted by molar-refractivity contribution is 5.96. The average molecular weight is 205 g/mol. The van der Waals surface area contributed by atoms with Gasteiger partial charge < -0.3 is 5.73 Å². The van der Waals surface area contributed by atoms with Crippen LogP contribution in [-0.4, -0.2) is 5.78 Å². The zero-order chi connectivity index (χ0) is 11.3. The molecule has 0 aliphatic rings. The van der Waals surface area contributed by atoms with Crippen LogP contribution in [0.2, 0.25) is 0 Å². The Hall–Kier alpha value is -1.82. The number of nitrogens with two attached hydrogens (primary N) is 1. The van der Waals surface area contributed by atoms with E-state index in [9.17, 15) is 9.18 Å². The Morgan fingerprint density at radius 3 is 2.87 bits per heavy atom. The van der Waals surface area contributed by atoms with Gasteiger partial charge in [0.1, 0.15) is 5.82 Å². The lowest BCUT2D eigenvalue weighted by molar-refractivity contribution is 0.0984. The minimum Gasteiger partial charge on any atom is -0.396 e. The number of ketones is 1. The van der Waals surface area contributed by atoms with E-state index in [2.05, 4.69) is 11.8 Å². The van der Waals surface area contributed by atoms with Crippen molar-refractivity contribution in [3.8, 4) is 11.8 Å². The highest BCUT2D eigenvalue weighted by Gasteiger charge is 2.07. The van der Waals surface area contributed by atoms with Crippen LogP contribution in [0.4, 0.5) is 10.1 Å². The zero-order valence-corrected chi connectivity index (χ0v) is 8.51. The maximum Gasteiger partial charge on any atom is 0.163 e. The molecule has 1 aromatic carbocycles. The van der Waals surface area contributed by atoms with Crippen LogP contribution in [0.15, 0.2) is 18.2 Å². The zero-order valence-electron chi connectivity index (χ0n) is 8.51. The molecule has 0 saturated carbocycles. The van der Waals surface area contributed by atoms with Crippen molar-refractivity contribution < 1.29 is 9.18 Å². The summed E-state index contributed by atoms with van der Waals surface area (Å²) >= 11 is 0. The molecule has 1 rings (SSSR count). The molecule has 0 spiro atoms. The third-order valence-corrected chi connectivity index (χ3v) is 1.98. The van der Waals surface area contributed by atoms with Gasteiger partial charge in [-0.1, -0.05) is 0 Å². The van der Waals surface area contributed by atoms with Gasteiger partial charge in [0.15, 0.2) is 5.78 Å². The molecule has 3 heteroatoms. The molecule has 78 valence electrons. The minimum absolute atomic E-state index is 0.0555. The summed E-state index contributed by atoms with van der Waals surface area (Å²) in [6, 6.07) is 4.09. The number of anilines is 1. The van der Waals surface area contributed by atoms with Crippen LogP contribution in [0.25, 0.3) is 0 Å². The lowest BCUT2D eigenvalue weighted by Crippen LogP contribution is -2.00. The molecule has 0 fully saturated rings. The van der Waals surface area contributed by atoms with Crippen LogP contribution in [-0.2, 0) is 0 Å². The first-order valence-electron chi connectivity index (χ1n) is 4.63. The van der Waals surface area contributed by atoms with Crippen LogP contribution in [0.3, 0.4) is 0 Å². The molecule has 15 heavy (non-hydrogen) atoms. The second kappa shape index (κ2) is 5.16. The Morgan fingerprint density at radius 1 is 1.53 bits per heavy atom. The van der Waals surface area contributed by atoms with E-state index in [-0.39, 0.29) is 11.5 Å². The molecule has 0 saturated heterocycles. The minimum atomic E-state index is -0.553. The molecule has 2 N–H and O–H groups in total. The second-order valence-electron chi connectivity index (χ2n) is 3.09. The summed E-state index contributed by atoms with van der Waals surface area (Å²) in [6.45, 7) is 1.72. The van der Waals surface area contributed by atoms with Gasteiger partial charge >= 0.3 is 0 Å². The first kappa shape index (κ1) is 11.3. The van der Waals surface area contributed by atoms with Crippen LogP contribution >= 0.6 is 0 Å². The van der Waals surface area contributed by atoms with Crippen molar-refractivity contribution in [2.45, 2.75) is 19.8 Å². The van der Waals surface area contributed by atoms with Gasteiger partial charge in [0.05, 0.1) is 5.69 Å². The fourth-order valence-corrected chi connectivity index (χ4v) is 1.15. The number of benzene rings is 1. The Kier molecular flexibility index (Phi) is 3.87. The standard InChI is InChI=1S/C12H12FNO/c1-2-3-4-5-12(15)9-6-7-11(14)10(13)8-9/h6-8H,4-5,14H2,1H3. The van der Waals surface area contributed by atoms with Gasteiger partial charge in [-0.2, -0.15) is 0 Å². The van der Waals surface area contributed by atoms with Gasteiger partial charge in [-0.05, 0) is 25.1 Å². The van der Waals surface area contributed by atoms with E-state index in [1.54, 1.807) is 6.92 Å². The van der Waals surface area contributed by atoms with Crippen molar-refractivity contribution in [3.63, 3.8) is 0 Å². The molecule has 0 unspecified atom stereocenters. The molecule has 2 nitrogen and oxygen atoms in total. The van der Waals surface area contributed by atoms with Crippen molar-refractivity contribution in [3.05, 3.63) is 29.6 Å². The highest BCUT2D eigenvalue weighted by Crippen LogP contribution is 2.13. The average Bonchev–Trinajstić information content (AvgIpc) is 2.22. The second-order valence-corrected chi connectivity index (χ2v) is 3.09. The number of Topliss-reactive ketones (excluding diaryl/α,β-unsaturated/α-hetero) is 1. The largest absolute Gasteiger partial charge is 0.396 e. The lowest BCUT2D eigenvalue weighted by atomic mass is 10.1. The van der Waals surface area contributed by atoms with Crippen molar-refractivity contribution in [2.24, 2.45) is 0 Å². The Bertz CT molecular complexity index is 429. The van der Waals surface area contributed by atoms with Crippen molar-refractivity contribution >= 4 is 11.5 Å². The third kappa shape index (κ3) is 3.10. The number of carbonyl (C=O) groups excluding carboxylic acids is 1. The van der Waals surface area contributed by atoms with Gasteiger partial charge in [0.25, 0.3) is 0 Å². The Labute approximate surface area is 88.3 Å². The first-order valence-corrected chi connectivity index (χ1v) is 4.63. The lowest BCUT2D eigenvalue weighted by Gasteiger charge is -2.00. The van der Waals surface area contributed by atoms with Gasteiger partial charge in [-0.3, -0.25) is 4.79 Å². The van der Waals surface area contributed by atoms with Crippen molar-refractivity contribution in [2.75, 3.05) is 5.73 Å². The molecule has 0 bridgehead atoms. The summed E-state index contributed by atoms with van der Waals surface area (Å²) in [4.78, 5) is 11.5. The van der Waals surface area contributed by atoms with E-state index in [0.717, 1.165) is 6.07 Å². The molecular weight excluding hydrogens is 193 g/mol. The summed E-state index contributed by atoms with van der Waals surface area (Å²) in [5.41, 5.74) is 5.70. The number of hydrogen-bond donors (Lipinski definition) is 1. The molecule has 1 aromatic rings. The topological polar surface area (TPSA) is 43.1 Å². The highest BCUT2D eigenvalue weighted by atomic mass is 19.1. The first-order chi connectivity index (χ1) is 7.15. The number of hydrogen-bond acceptors (Lipinski definition) is 2. The predicted octanol–water partition coefficient (Wildman–Crippen LogP) is 2.39. The van der Waals surface area contributed by atoms with Gasteiger partial charge in [0.2, 0.25) is 0 Å². The van der Waals surface area contributed by atoms with Crippen molar-refractivity contribution in [1.29, 1.82) is 0 Å². The van der Waals surface area contributed by atoms with Crippen LogP contribution < -0.4 is 5.73 Å². The normalized spacial score (nSPS) is 9.20. The summed E-state index contributed by atoms with van der Waals surface area (Å²) in [6.07, 6.45) is 0.811. The third-order valence-electron chi connectivity index (χ3n) is 1.98. The maximum atomic E-state index is 13.0. The van der Waals surface area contributed by atoms with E-state index < -0.39 is 5.82 Å². The number of halogens is 1. The molecule has 0 aromatic heterocycles. The summed E-state index contributed by atoms with van der Waals surface area (Å²) in [5, 5.41) is 0. The van der Waals surface area contributed by atoms with Gasteiger partial charge in [-0.15, -0.1) is 11.8 Å². The van der Waals surface area contributed by atoms with E-state index in [4.69, 9.17) is 5.73 Å². The Morgan fingerprint density at radius 2 is 2.27 bits per heavy atom. The van der Waals surface area contributed by atoms with Crippen molar-refractivity contribution in [1.82, 2.24) is 0 Å². The number of rotatable bonds is 3. The van der Waals surface area contributed by atoms with E-state index in [1.807, 2.05) is 0 Å². The Balaban J connectivity index is 2.72. The van der Waals surface area contributed by atoms with Gasteiger partial charge in [-0.25, -0.2) is 4.39 Å². The van der Waals surface area contributed by atoms with Crippen LogP contribution in [0, 0.1) is 17.7 Å². The molecular formula is C12H12FNO. The SMILES string of the molecule is CC#CCCC(=O)c1ccc(N)c(F)c1. The number of nitrogen functional groups attached to an aromatic ring is 1. The molecule has 0 amide bonds. The predicted molar refractivity (Wildman–Crippen MR) is 57.8 cm³/mol. The molecule has 0 aliphatic carbocycles. The fraction of sp³-hybridized carbons (Fsp3) is 0.250. The van der Waals surface area contributed by atoms with E-state index >= 15 is 0 Å². The molecule has 0 atom stereocenters. The molecule has 0 radical (unpaired) electrons. The molecule has 0 heterocycles. The maximum absolute atomic E-state index is 13.0. The van der Waals surface area contributed by atoms with Crippen LogP contribution in [0.1, 0.15) is 30.1 Å². The van der Waals surface area contributed by atoms with Gasteiger partial charge in [0, 0.05) is 18.4 Å². The van der Waals surface area contributed by atoms with E-state index in [0.29, 0.717) is 18.4 Å². The smallest absolute Gasteiger partial charge is 0.163 e. The number of carbonyl (C=O) groups is 1. The summed E-state index contributed by atoms with van der Waals surface area (Å²) < 4.78 is 13.0. The fourth-order valence-electron chi connectivity index (χ4n) is 1.15. The molecule has 0 aliphatic heterocycles. The van der Waals surface area contributed by atoms with E-state index in [1.165, 1.54) is 12.1 Å². The summed E-state index contributed by atoms with van der Waals surface area (Å²) in [7, 11) is 0. The van der Waals surface area contributed by atoms with Crippen LogP contribution in [0.5, 0.6) is 0 Å². The summed E-state index contributed by atoms with van der Waals surface area (Å²) in [5.74, 6) is 4.82. The monoisotopic (exact) mass is 205 g/mol. The quantitative estimate of drug-likeness (QED) is 0.467.